The summed E-state index contributed by atoms with van der Waals surface area (Å²) in [5.74, 6) is 1.43. The van der Waals surface area contributed by atoms with Gasteiger partial charge in [-0.25, -0.2) is 4.98 Å². The molecular formula is C31H35F3N10O2. The monoisotopic (exact) mass is 636 g/mol. The Morgan fingerprint density at radius 1 is 1.17 bits per heavy atom. The first kappa shape index (κ1) is 30.3. The summed E-state index contributed by atoms with van der Waals surface area (Å²) in [4.78, 5) is 22.2. The van der Waals surface area contributed by atoms with Gasteiger partial charge in [0.15, 0.2) is 0 Å². The van der Waals surface area contributed by atoms with Crippen molar-refractivity contribution in [2.24, 2.45) is 13.0 Å². The fourth-order valence-electron chi connectivity index (χ4n) is 6.72. The maximum Gasteiger partial charge on any atom is 0.416 e. The SMILES string of the molecule is C[C@H]1CCCN(Cc2cc3c(c(C(F)(F)F)c2)CN(c2cc(C4(Cc5nncn5C)COC4)cc(NCc4c[nH]nn4)n2)C3=O)C1. The van der Waals surface area contributed by atoms with Crippen molar-refractivity contribution in [2.75, 3.05) is 36.5 Å². The molecule has 3 aromatic heterocycles. The minimum Gasteiger partial charge on any atom is -0.379 e. The first-order valence-electron chi connectivity index (χ1n) is 15.4. The average Bonchev–Trinajstić information content (AvgIpc) is 3.74. The predicted octanol–water partition coefficient (Wildman–Crippen LogP) is 3.86. The molecule has 46 heavy (non-hydrogen) atoms. The van der Waals surface area contributed by atoms with Crippen LogP contribution in [-0.4, -0.2) is 72.3 Å². The molecule has 7 rings (SSSR count). The highest BCUT2D eigenvalue weighted by atomic mass is 19.4. The summed E-state index contributed by atoms with van der Waals surface area (Å²) in [6, 6.07) is 6.52. The number of likely N-dealkylation sites (tertiary alicyclic amines) is 1. The van der Waals surface area contributed by atoms with E-state index in [0.717, 1.165) is 37.3 Å². The molecule has 0 unspecified atom stereocenters. The molecule has 2 saturated heterocycles. The number of carbonyl (C=O) groups excluding carboxylic acids is 1. The predicted molar refractivity (Wildman–Crippen MR) is 161 cm³/mol. The summed E-state index contributed by atoms with van der Waals surface area (Å²) in [5, 5.41) is 21.9. The topological polar surface area (TPSA) is 130 Å². The number of hydrogen-bond donors (Lipinski definition) is 2. The molecule has 15 heteroatoms. The number of aromatic nitrogens is 7. The second-order valence-electron chi connectivity index (χ2n) is 12.8. The summed E-state index contributed by atoms with van der Waals surface area (Å²) in [6.07, 6.45) is 1.28. The number of aromatic amines is 1. The lowest BCUT2D eigenvalue weighted by atomic mass is 9.75. The van der Waals surface area contributed by atoms with Crippen molar-refractivity contribution in [3.05, 3.63) is 76.1 Å². The Morgan fingerprint density at radius 3 is 2.70 bits per heavy atom. The van der Waals surface area contributed by atoms with E-state index in [-0.39, 0.29) is 23.5 Å². The smallest absolute Gasteiger partial charge is 0.379 e. The molecule has 2 fully saturated rings. The fourth-order valence-corrected chi connectivity index (χ4v) is 6.72. The average molecular weight is 637 g/mol. The van der Waals surface area contributed by atoms with Crippen LogP contribution in [0.5, 0.6) is 0 Å². The van der Waals surface area contributed by atoms with Crippen molar-refractivity contribution >= 4 is 17.5 Å². The van der Waals surface area contributed by atoms with Crippen LogP contribution in [-0.2, 0) is 49.4 Å². The summed E-state index contributed by atoms with van der Waals surface area (Å²) in [6.45, 7) is 5.01. The highest BCUT2D eigenvalue weighted by Gasteiger charge is 2.44. The van der Waals surface area contributed by atoms with Crippen molar-refractivity contribution in [3.8, 4) is 0 Å². The van der Waals surface area contributed by atoms with E-state index >= 15 is 0 Å². The maximum absolute atomic E-state index is 14.5. The molecule has 6 heterocycles. The second-order valence-corrected chi connectivity index (χ2v) is 12.8. The molecular weight excluding hydrogens is 601 g/mol. The zero-order chi connectivity index (χ0) is 32.1. The molecule has 0 saturated carbocycles. The number of carbonyl (C=O) groups is 1. The van der Waals surface area contributed by atoms with Gasteiger partial charge in [-0.05, 0) is 66.3 Å². The molecule has 1 amide bonds. The molecule has 2 N–H and O–H groups in total. The van der Waals surface area contributed by atoms with E-state index in [9.17, 15) is 18.0 Å². The summed E-state index contributed by atoms with van der Waals surface area (Å²) in [5.41, 5.74) is 0.736. The molecule has 0 bridgehead atoms. The van der Waals surface area contributed by atoms with Gasteiger partial charge in [-0.1, -0.05) is 12.1 Å². The van der Waals surface area contributed by atoms with Crippen LogP contribution in [0, 0.1) is 5.92 Å². The van der Waals surface area contributed by atoms with Gasteiger partial charge in [0.1, 0.15) is 29.5 Å². The maximum atomic E-state index is 14.5. The van der Waals surface area contributed by atoms with Crippen LogP contribution in [0.4, 0.5) is 24.8 Å². The Bertz CT molecular complexity index is 1730. The lowest BCUT2D eigenvalue weighted by Crippen LogP contribution is -2.49. The Labute approximate surface area is 263 Å². The van der Waals surface area contributed by atoms with E-state index in [2.05, 4.69) is 42.7 Å². The Balaban J connectivity index is 1.25. The van der Waals surface area contributed by atoms with Gasteiger partial charge in [0, 0.05) is 43.7 Å². The zero-order valence-corrected chi connectivity index (χ0v) is 25.6. The van der Waals surface area contributed by atoms with E-state index in [1.165, 1.54) is 11.0 Å². The van der Waals surface area contributed by atoms with Gasteiger partial charge in [0.25, 0.3) is 5.91 Å². The number of rotatable bonds is 9. The Morgan fingerprint density at radius 2 is 2.02 bits per heavy atom. The number of piperidine rings is 1. The van der Waals surface area contributed by atoms with E-state index in [1.54, 1.807) is 24.7 Å². The van der Waals surface area contributed by atoms with Crippen molar-refractivity contribution in [1.29, 1.82) is 0 Å². The van der Waals surface area contributed by atoms with E-state index in [0.29, 0.717) is 55.7 Å². The molecule has 1 atom stereocenters. The fraction of sp³-hybridized carbons (Fsp3) is 0.484. The minimum absolute atomic E-state index is 0.0293. The molecule has 0 aliphatic carbocycles. The third-order valence-electron chi connectivity index (χ3n) is 9.23. The van der Waals surface area contributed by atoms with Crippen LogP contribution in [0.1, 0.15) is 63.9 Å². The third-order valence-corrected chi connectivity index (χ3v) is 9.23. The Hall–Kier alpha value is -4.37. The van der Waals surface area contributed by atoms with E-state index in [4.69, 9.17) is 9.72 Å². The van der Waals surface area contributed by atoms with Crippen LogP contribution in [0.2, 0.25) is 0 Å². The zero-order valence-electron chi connectivity index (χ0n) is 25.6. The number of nitrogens with zero attached hydrogens (tertiary/aromatic N) is 8. The van der Waals surface area contributed by atoms with Gasteiger partial charge >= 0.3 is 6.18 Å². The number of aryl methyl sites for hydroxylation is 1. The molecule has 1 aromatic carbocycles. The summed E-state index contributed by atoms with van der Waals surface area (Å²) >= 11 is 0. The Kier molecular flexibility index (Phi) is 7.75. The minimum atomic E-state index is -4.62. The van der Waals surface area contributed by atoms with Gasteiger partial charge in [0.2, 0.25) is 0 Å². The number of amides is 1. The van der Waals surface area contributed by atoms with Crippen LogP contribution in [0.3, 0.4) is 0 Å². The normalized spacial score (nSPS) is 19.7. The number of anilines is 2. The molecule has 0 radical (unpaired) electrons. The van der Waals surface area contributed by atoms with E-state index in [1.807, 2.05) is 17.7 Å². The van der Waals surface area contributed by atoms with Crippen molar-refractivity contribution < 1.29 is 22.7 Å². The van der Waals surface area contributed by atoms with Crippen LogP contribution in [0.25, 0.3) is 0 Å². The third kappa shape index (κ3) is 5.84. The number of fused-ring (bicyclic) bond motifs is 1. The summed E-state index contributed by atoms with van der Waals surface area (Å²) < 4.78 is 51.0. The second kappa shape index (κ2) is 11.8. The largest absolute Gasteiger partial charge is 0.416 e. The van der Waals surface area contributed by atoms with Gasteiger partial charge < -0.3 is 14.6 Å². The number of halogens is 3. The highest BCUT2D eigenvalue weighted by molar-refractivity contribution is 6.10. The lowest BCUT2D eigenvalue weighted by Gasteiger charge is -2.42. The van der Waals surface area contributed by atoms with Crippen LogP contribution >= 0.6 is 0 Å². The standard InChI is InChI=1S/C31H35F3N10O2/c1-19-4-3-5-43(13-19)14-20-6-23-24(25(7-20)31(32,33)34)15-44(29(23)45)27-9-21(8-26(38-27)35-11-22-12-36-41-39-22)30(16-46-17-30)10-28-40-37-18-42(28)2/h6-9,12,18-19H,3-5,10-11,13-17H2,1-2H3,(H,35,38)(H,36,39,41)/t19-/m0/s1. The first-order valence-corrected chi connectivity index (χ1v) is 15.4. The molecule has 3 aliphatic rings. The first-order chi connectivity index (χ1) is 22.1. The van der Waals surface area contributed by atoms with E-state index < -0.39 is 23.1 Å². The molecule has 4 aromatic rings. The van der Waals surface area contributed by atoms with Crippen molar-refractivity contribution in [2.45, 2.75) is 57.4 Å². The molecule has 12 nitrogen and oxygen atoms in total. The van der Waals surface area contributed by atoms with Crippen molar-refractivity contribution in [1.82, 2.24) is 40.1 Å². The number of pyridine rings is 1. The quantitative estimate of drug-likeness (QED) is 0.281. The van der Waals surface area contributed by atoms with Gasteiger partial charge in [0.05, 0.1) is 31.9 Å². The van der Waals surface area contributed by atoms with Crippen molar-refractivity contribution in [3.63, 3.8) is 0 Å². The summed E-state index contributed by atoms with van der Waals surface area (Å²) in [7, 11) is 1.86. The molecule has 0 spiro atoms. The highest BCUT2D eigenvalue weighted by Crippen LogP contribution is 2.42. The molecule has 242 valence electrons. The van der Waals surface area contributed by atoms with Crippen LogP contribution in [0.15, 0.2) is 36.8 Å². The van der Waals surface area contributed by atoms with Gasteiger partial charge in [-0.3, -0.25) is 19.7 Å². The number of benzene rings is 1. The van der Waals surface area contributed by atoms with Gasteiger partial charge in [-0.15, -0.1) is 15.3 Å². The number of hydrogen-bond acceptors (Lipinski definition) is 9. The molecule has 3 aliphatic heterocycles. The number of nitrogens with one attached hydrogen (secondary N) is 2. The number of ether oxygens (including phenoxy) is 1. The number of alkyl halides is 3. The van der Waals surface area contributed by atoms with Gasteiger partial charge in [-0.2, -0.15) is 13.2 Å². The lowest BCUT2D eigenvalue weighted by molar-refractivity contribution is -0.138. The van der Waals surface area contributed by atoms with Crippen LogP contribution < -0.4 is 10.2 Å². The number of H-pyrrole nitrogens is 1.